The van der Waals surface area contributed by atoms with Crippen molar-refractivity contribution < 1.29 is 42.7 Å². The van der Waals surface area contributed by atoms with Gasteiger partial charge in [-0.05, 0) is 70.1 Å². The molecule has 0 radical (unpaired) electrons. The minimum absolute atomic E-state index is 0.0409. The third-order valence-corrected chi connectivity index (χ3v) is 7.45. The zero-order chi connectivity index (χ0) is 31.0. The predicted octanol–water partition coefficient (Wildman–Crippen LogP) is 5.81. The molecule has 0 aliphatic carbocycles. The van der Waals surface area contributed by atoms with Crippen LogP contribution in [0.25, 0.3) is 0 Å². The molecule has 0 bridgehead atoms. The average Bonchev–Trinajstić information content (AvgIpc) is 2.92. The summed E-state index contributed by atoms with van der Waals surface area (Å²) in [5, 5.41) is 0. The lowest BCUT2D eigenvalue weighted by Crippen LogP contribution is -2.44. The third-order valence-electron chi connectivity index (χ3n) is 7.45. The van der Waals surface area contributed by atoms with Crippen molar-refractivity contribution in [3.05, 3.63) is 35.4 Å². The van der Waals surface area contributed by atoms with Crippen molar-refractivity contribution in [3.8, 4) is 11.5 Å². The van der Waals surface area contributed by atoms with Crippen LogP contribution >= 0.6 is 0 Å². The minimum Gasteiger partial charge on any atom is -0.487 e. The molecule has 0 aromatic heterocycles. The maximum Gasteiger partial charge on any atom is 0.422 e. The number of benzene rings is 1. The molecule has 0 spiro atoms. The summed E-state index contributed by atoms with van der Waals surface area (Å²) in [4.78, 5) is 25.3. The second-order valence-corrected chi connectivity index (χ2v) is 11.4. The molecule has 9 nitrogen and oxygen atoms in total. The molecule has 1 aliphatic heterocycles. The minimum atomic E-state index is -1.06. The average molecular weight is 593 g/mol. The molecule has 0 saturated carbocycles. The SMILES string of the molecule is C=C(C)CC[C@@H]1[C@@H](C)c2c(OC(=O)C(=O)OCCOCCOCCOCCOC)cc(CCCCC)cc2OC1(C)C. The van der Waals surface area contributed by atoms with Gasteiger partial charge in [-0.1, -0.05) is 32.3 Å². The Labute approximate surface area is 252 Å². The van der Waals surface area contributed by atoms with Gasteiger partial charge in [0.15, 0.2) is 0 Å². The predicted molar refractivity (Wildman–Crippen MR) is 161 cm³/mol. The molecule has 2 rings (SSSR count). The van der Waals surface area contributed by atoms with E-state index in [9.17, 15) is 9.59 Å². The van der Waals surface area contributed by atoms with Crippen molar-refractivity contribution in [2.45, 2.75) is 84.7 Å². The highest BCUT2D eigenvalue weighted by Gasteiger charge is 2.43. The van der Waals surface area contributed by atoms with Gasteiger partial charge in [-0.25, -0.2) is 9.59 Å². The Morgan fingerprint density at radius 2 is 1.55 bits per heavy atom. The quantitative estimate of drug-likeness (QED) is 0.0611. The molecule has 0 saturated heterocycles. The topological polar surface area (TPSA) is 98.8 Å². The number of methoxy groups -OCH3 is 1. The zero-order valence-electron chi connectivity index (χ0n) is 26.6. The van der Waals surface area contributed by atoms with Crippen LogP contribution in [0.2, 0.25) is 0 Å². The maximum absolute atomic E-state index is 12.8. The highest BCUT2D eigenvalue weighted by Crippen LogP contribution is 2.51. The number of fused-ring (bicyclic) bond motifs is 1. The van der Waals surface area contributed by atoms with Crippen LogP contribution in [0.4, 0.5) is 0 Å². The first-order valence-electron chi connectivity index (χ1n) is 15.2. The van der Waals surface area contributed by atoms with Crippen LogP contribution in [-0.4, -0.2) is 77.5 Å². The van der Waals surface area contributed by atoms with E-state index in [4.69, 9.17) is 33.2 Å². The lowest BCUT2D eigenvalue weighted by molar-refractivity contribution is -0.163. The molecule has 0 fully saturated rings. The fraction of sp³-hybridized carbons (Fsp3) is 0.697. The van der Waals surface area contributed by atoms with Gasteiger partial charge in [-0.2, -0.15) is 0 Å². The van der Waals surface area contributed by atoms with Crippen molar-refractivity contribution in [2.24, 2.45) is 5.92 Å². The van der Waals surface area contributed by atoms with Gasteiger partial charge in [0.25, 0.3) is 0 Å². The van der Waals surface area contributed by atoms with E-state index in [1.807, 2.05) is 13.0 Å². The van der Waals surface area contributed by atoms with Crippen molar-refractivity contribution in [1.82, 2.24) is 0 Å². The molecule has 1 aromatic carbocycles. The van der Waals surface area contributed by atoms with Gasteiger partial charge in [0.1, 0.15) is 23.7 Å². The van der Waals surface area contributed by atoms with Gasteiger partial charge in [0.05, 0.1) is 46.2 Å². The molecule has 1 aromatic rings. The lowest BCUT2D eigenvalue weighted by atomic mass is 9.72. The van der Waals surface area contributed by atoms with Crippen molar-refractivity contribution in [2.75, 3.05) is 60.0 Å². The number of carbonyl (C=O) groups excluding carboxylic acids is 2. The number of carbonyl (C=O) groups is 2. The van der Waals surface area contributed by atoms with Crippen LogP contribution in [0.3, 0.4) is 0 Å². The van der Waals surface area contributed by atoms with Gasteiger partial charge < -0.3 is 33.2 Å². The lowest BCUT2D eigenvalue weighted by Gasteiger charge is -2.44. The summed E-state index contributed by atoms with van der Waals surface area (Å²) < 4.78 is 38.4. The van der Waals surface area contributed by atoms with Gasteiger partial charge in [-0.3, -0.25) is 0 Å². The third kappa shape index (κ3) is 12.0. The van der Waals surface area contributed by atoms with Crippen molar-refractivity contribution in [1.29, 1.82) is 0 Å². The Hall–Kier alpha value is -2.46. The van der Waals surface area contributed by atoms with Crippen molar-refractivity contribution in [3.63, 3.8) is 0 Å². The molecule has 1 heterocycles. The van der Waals surface area contributed by atoms with Gasteiger partial charge in [-0.15, -0.1) is 6.58 Å². The largest absolute Gasteiger partial charge is 0.487 e. The van der Waals surface area contributed by atoms with E-state index in [2.05, 4.69) is 40.3 Å². The van der Waals surface area contributed by atoms with E-state index in [1.165, 1.54) is 0 Å². The molecule has 0 amide bonds. The molecule has 9 heteroatoms. The van der Waals surface area contributed by atoms with Gasteiger partial charge in [0.2, 0.25) is 0 Å². The van der Waals surface area contributed by atoms with Crippen LogP contribution in [0.15, 0.2) is 24.3 Å². The highest BCUT2D eigenvalue weighted by molar-refractivity contribution is 6.30. The fourth-order valence-corrected chi connectivity index (χ4v) is 5.24. The number of hydrogen-bond acceptors (Lipinski definition) is 9. The molecular weight excluding hydrogens is 540 g/mol. The van der Waals surface area contributed by atoms with Crippen LogP contribution in [-0.2, 0) is 39.7 Å². The molecule has 0 unspecified atom stereocenters. The van der Waals surface area contributed by atoms with Crippen LogP contribution in [0.1, 0.15) is 83.8 Å². The Balaban J connectivity index is 1.96. The zero-order valence-corrected chi connectivity index (χ0v) is 26.6. The van der Waals surface area contributed by atoms with Crippen molar-refractivity contribution >= 4 is 11.9 Å². The number of rotatable bonds is 20. The normalized spacial score (nSPS) is 17.3. The Morgan fingerprint density at radius 3 is 2.14 bits per heavy atom. The van der Waals surface area contributed by atoms with E-state index in [0.29, 0.717) is 51.1 Å². The van der Waals surface area contributed by atoms with Gasteiger partial charge in [0, 0.05) is 18.6 Å². The first-order chi connectivity index (χ1) is 20.1. The second-order valence-electron chi connectivity index (χ2n) is 11.4. The van der Waals surface area contributed by atoms with Crippen LogP contribution in [0, 0.1) is 5.92 Å². The Morgan fingerprint density at radius 1 is 0.929 bits per heavy atom. The molecule has 42 heavy (non-hydrogen) atoms. The second kappa shape index (κ2) is 18.9. The summed E-state index contributed by atoms with van der Waals surface area (Å²) in [6.07, 6.45) is 5.81. The van der Waals surface area contributed by atoms with E-state index in [0.717, 1.165) is 55.2 Å². The van der Waals surface area contributed by atoms with Crippen LogP contribution in [0.5, 0.6) is 11.5 Å². The summed E-state index contributed by atoms with van der Waals surface area (Å²) in [6, 6.07) is 3.93. The maximum atomic E-state index is 12.8. The van der Waals surface area contributed by atoms with E-state index < -0.39 is 17.5 Å². The standard InChI is InChI=1S/C33H52O9/c1-8-9-10-11-26-22-28(30-25(4)27(13-12-24(2)3)33(5,6)42-29(30)23-26)41-32(35)31(34)40-21-20-39-19-18-38-17-16-37-15-14-36-7/h22-23,25,27H,2,8-21H2,1,3-7H3/t25-,27-/m1/s1. The summed E-state index contributed by atoms with van der Waals surface area (Å²) in [5.41, 5.74) is 2.53. The Bertz CT molecular complexity index is 988. The number of aryl methyl sites for hydroxylation is 1. The molecular formula is C33H52O9. The smallest absolute Gasteiger partial charge is 0.422 e. The summed E-state index contributed by atoms with van der Waals surface area (Å²) in [5.74, 6) is -0.835. The van der Waals surface area contributed by atoms with Crippen LogP contribution < -0.4 is 9.47 Å². The Kier molecular flexibility index (Phi) is 16.1. The van der Waals surface area contributed by atoms with E-state index >= 15 is 0 Å². The molecule has 238 valence electrons. The fourth-order valence-electron chi connectivity index (χ4n) is 5.24. The molecule has 0 N–H and O–H groups in total. The number of ether oxygens (including phenoxy) is 7. The molecule has 2 atom stereocenters. The highest BCUT2D eigenvalue weighted by atomic mass is 16.6. The monoisotopic (exact) mass is 592 g/mol. The van der Waals surface area contributed by atoms with E-state index in [-0.39, 0.29) is 25.0 Å². The molecule has 1 aliphatic rings. The summed E-state index contributed by atoms with van der Waals surface area (Å²) in [6.45, 7) is 17.4. The first kappa shape index (κ1) is 35.7. The summed E-state index contributed by atoms with van der Waals surface area (Å²) >= 11 is 0. The first-order valence-corrected chi connectivity index (χ1v) is 15.2. The number of unbranched alkanes of at least 4 members (excludes halogenated alkanes) is 2. The number of esters is 2. The van der Waals surface area contributed by atoms with E-state index in [1.54, 1.807) is 7.11 Å². The summed E-state index contributed by atoms with van der Waals surface area (Å²) in [7, 11) is 1.62. The van der Waals surface area contributed by atoms with Gasteiger partial charge >= 0.3 is 11.9 Å². The number of allylic oxidation sites excluding steroid dienone is 1. The number of hydrogen-bond donors (Lipinski definition) is 0.